The molecule has 114 valence electrons. The normalized spacial score (nSPS) is 11.0. The minimum atomic E-state index is -0.577. The van der Waals surface area contributed by atoms with Gasteiger partial charge in [0.2, 0.25) is 0 Å². The van der Waals surface area contributed by atoms with E-state index in [1.54, 1.807) is 25.1 Å². The van der Waals surface area contributed by atoms with Crippen LogP contribution in [0.4, 0.5) is 5.69 Å². The van der Waals surface area contributed by atoms with Crippen molar-refractivity contribution in [1.82, 2.24) is 5.43 Å². The van der Waals surface area contributed by atoms with E-state index in [1.807, 2.05) is 0 Å². The van der Waals surface area contributed by atoms with Gasteiger partial charge in [-0.25, -0.2) is 5.43 Å². The number of hydrogen-bond acceptors (Lipinski definition) is 6. The van der Waals surface area contributed by atoms with Crippen molar-refractivity contribution in [2.75, 3.05) is 6.61 Å². The molecule has 1 aromatic heterocycles. The smallest absolute Gasteiger partial charge is 0.310 e. The van der Waals surface area contributed by atoms with Crippen LogP contribution < -0.4 is 10.2 Å². The fourth-order valence-electron chi connectivity index (χ4n) is 1.59. The lowest BCUT2D eigenvalue weighted by atomic mass is 10.3. The third kappa shape index (κ3) is 3.92. The van der Waals surface area contributed by atoms with Crippen LogP contribution in [0.25, 0.3) is 0 Å². The molecule has 1 aromatic carbocycles. The first-order valence-electron chi connectivity index (χ1n) is 6.31. The van der Waals surface area contributed by atoms with Crippen LogP contribution in [0.3, 0.4) is 0 Å². The Morgan fingerprint density at radius 1 is 1.36 bits per heavy atom. The molecule has 0 saturated heterocycles. The van der Waals surface area contributed by atoms with Crippen molar-refractivity contribution in [3.05, 3.63) is 58.5 Å². The third-order valence-corrected chi connectivity index (χ3v) is 2.65. The van der Waals surface area contributed by atoms with E-state index in [-0.39, 0.29) is 18.0 Å². The Hall–Kier alpha value is -3.16. The monoisotopic (exact) mass is 303 g/mol. The summed E-state index contributed by atoms with van der Waals surface area (Å²) in [5.74, 6) is 0.0124. The van der Waals surface area contributed by atoms with Gasteiger partial charge in [0.25, 0.3) is 5.91 Å². The fourth-order valence-corrected chi connectivity index (χ4v) is 1.59. The van der Waals surface area contributed by atoms with Crippen LogP contribution >= 0.6 is 0 Å². The van der Waals surface area contributed by atoms with Crippen LogP contribution in [0.15, 0.2) is 52.2 Å². The van der Waals surface area contributed by atoms with E-state index in [9.17, 15) is 14.9 Å². The summed E-state index contributed by atoms with van der Waals surface area (Å²) < 4.78 is 10.2. The minimum Gasteiger partial charge on any atom is -0.477 e. The van der Waals surface area contributed by atoms with Crippen molar-refractivity contribution >= 4 is 17.3 Å². The Morgan fingerprint density at radius 3 is 2.82 bits per heavy atom. The summed E-state index contributed by atoms with van der Waals surface area (Å²) in [6.07, 6.45) is 1.49. The molecule has 1 heterocycles. The van der Waals surface area contributed by atoms with Gasteiger partial charge in [0.05, 0.1) is 11.2 Å². The Bertz CT molecular complexity index is 694. The van der Waals surface area contributed by atoms with Crippen LogP contribution in [0, 0.1) is 10.1 Å². The Morgan fingerprint density at radius 2 is 2.14 bits per heavy atom. The molecule has 0 saturated carbocycles. The number of hydrazone groups is 1. The van der Waals surface area contributed by atoms with Crippen LogP contribution in [0.1, 0.15) is 12.7 Å². The first-order chi connectivity index (χ1) is 10.6. The molecule has 1 N–H and O–H groups in total. The maximum atomic E-state index is 11.6. The predicted molar refractivity (Wildman–Crippen MR) is 77.7 cm³/mol. The highest BCUT2D eigenvalue weighted by Gasteiger charge is 2.14. The molecule has 0 atom stereocenters. The zero-order valence-electron chi connectivity index (χ0n) is 11.7. The second kappa shape index (κ2) is 7.02. The van der Waals surface area contributed by atoms with Crippen molar-refractivity contribution in [2.45, 2.75) is 6.92 Å². The summed E-state index contributed by atoms with van der Waals surface area (Å²) in [5, 5.41) is 14.7. The maximum absolute atomic E-state index is 11.6. The first-order valence-corrected chi connectivity index (χ1v) is 6.31. The zero-order valence-corrected chi connectivity index (χ0v) is 11.7. The van der Waals surface area contributed by atoms with Gasteiger partial charge in [-0.15, -0.1) is 0 Å². The van der Waals surface area contributed by atoms with E-state index in [0.717, 1.165) is 0 Å². The highest BCUT2D eigenvalue weighted by atomic mass is 16.6. The summed E-state index contributed by atoms with van der Waals surface area (Å²) >= 11 is 0. The highest BCUT2D eigenvalue weighted by molar-refractivity contribution is 5.96. The predicted octanol–water partition coefficient (Wildman–Crippen LogP) is 2.11. The minimum absolute atomic E-state index is 0.0226. The van der Waals surface area contributed by atoms with Gasteiger partial charge < -0.3 is 9.15 Å². The lowest BCUT2D eigenvalue weighted by Gasteiger charge is -2.05. The number of ether oxygens (including phenoxy) is 1. The number of nitrogens with one attached hydrogen (secondary N) is 1. The van der Waals surface area contributed by atoms with Gasteiger partial charge in [0, 0.05) is 6.07 Å². The van der Waals surface area contributed by atoms with Gasteiger partial charge in [-0.1, -0.05) is 12.1 Å². The molecular weight excluding hydrogens is 290 g/mol. The number of nitrogens with zero attached hydrogens (tertiary/aromatic N) is 2. The standard InChI is InChI=1S/C14H13N3O5/c1-10(12-7-4-8-21-12)15-16-14(18)9-22-13-6-3-2-5-11(13)17(19)20/h2-8H,9H2,1H3,(H,16,18)/b15-10-. The number of hydrogen-bond donors (Lipinski definition) is 1. The molecule has 0 bridgehead atoms. The SMILES string of the molecule is C/C(=N/NC(=O)COc1ccccc1[N+](=O)[O-])c1ccco1. The molecule has 0 fully saturated rings. The largest absolute Gasteiger partial charge is 0.477 e. The quantitative estimate of drug-likeness (QED) is 0.499. The Labute approximate surface area is 125 Å². The highest BCUT2D eigenvalue weighted by Crippen LogP contribution is 2.25. The van der Waals surface area contributed by atoms with E-state index in [0.29, 0.717) is 11.5 Å². The van der Waals surface area contributed by atoms with Crippen molar-refractivity contribution in [3.63, 3.8) is 0 Å². The van der Waals surface area contributed by atoms with Gasteiger partial charge >= 0.3 is 5.69 Å². The van der Waals surface area contributed by atoms with Crippen molar-refractivity contribution < 1.29 is 18.9 Å². The van der Waals surface area contributed by atoms with E-state index >= 15 is 0 Å². The van der Waals surface area contributed by atoms with E-state index in [4.69, 9.17) is 9.15 Å². The molecule has 8 nitrogen and oxygen atoms in total. The molecular formula is C14H13N3O5. The molecule has 0 unspecified atom stereocenters. The van der Waals surface area contributed by atoms with Gasteiger partial charge in [0.15, 0.2) is 12.4 Å². The van der Waals surface area contributed by atoms with E-state index < -0.39 is 10.8 Å². The Kier molecular flexibility index (Phi) is 4.86. The van der Waals surface area contributed by atoms with E-state index in [2.05, 4.69) is 10.5 Å². The average Bonchev–Trinajstić information content (AvgIpc) is 3.05. The molecule has 0 spiro atoms. The van der Waals surface area contributed by atoms with Crippen molar-refractivity contribution in [1.29, 1.82) is 0 Å². The molecule has 2 rings (SSSR count). The van der Waals surface area contributed by atoms with Gasteiger partial charge in [-0.3, -0.25) is 14.9 Å². The first kappa shape index (κ1) is 15.2. The number of rotatable bonds is 6. The summed E-state index contributed by atoms with van der Waals surface area (Å²) in [7, 11) is 0. The molecule has 22 heavy (non-hydrogen) atoms. The van der Waals surface area contributed by atoms with Crippen LogP contribution in [-0.4, -0.2) is 23.1 Å². The summed E-state index contributed by atoms with van der Waals surface area (Å²) in [6.45, 7) is 1.28. The molecule has 0 aliphatic heterocycles. The number of nitro groups is 1. The van der Waals surface area contributed by atoms with Gasteiger partial charge in [-0.05, 0) is 25.1 Å². The zero-order chi connectivity index (χ0) is 15.9. The summed E-state index contributed by atoms with van der Waals surface area (Å²) in [5.41, 5.74) is 2.57. The number of amides is 1. The summed E-state index contributed by atoms with van der Waals surface area (Å²) in [6, 6.07) is 9.22. The molecule has 1 amide bonds. The van der Waals surface area contributed by atoms with Crippen LogP contribution in [0.5, 0.6) is 5.75 Å². The topological polar surface area (TPSA) is 107 Å². The lowest BCUT2D eigenvalue weighted by Crippen LogP contribution is -2.25. The molecule has 0 aliphatic rings. The number of benzene rings is 1. The van der Waals surface area contributed by atoms with Crippen molar-refractivity contribution in [3.8, 4) is 5.75 Å². The number of para-hydroxylation sites is 2. The lowest BCUT2D eigenvalue weighted by molar-refractivity contribution is -0.385. The second-order valence-corrected chi connectivity index (χ2v) is 4.22. The number of carbonyl (C=O) groups is 1. The summed E-state index contributed by atoms with van der Waals surface area (Å²) in [4.78, 5) is 21.9. The average molecular weight is 303 g/mol. The maximum Gasteiger partial charge on any atom is 0.310 e. The molecule has 2 aromatic rings. The molecule has 8 heteroatoms. The molecule has 0 aliphatic carbocycles. The number of furan rings is 1. The second-order valence-electron chi connectivity index (χ2n) is 4.22. The van der Waals surface area contributed by atoms with Crippen LogP contribution in [0.2, 0.25) is 0 Å². The fraction of sp³-hybridized carbons (Fsp3) is 0.143. The Balaban J connectivity index is 1.91. The number of carbonyl (C=O) groups excluding carboxylic acids is 1. The van der Waals surface area contributed by atoms with Crippen LogP contribution in [-0.2, 0) is 4.79 Å². The van der Waals surface area contributed by atoms with Crippen molar-refractivity contribution in [2.24, 2.45) is 5.10 Å². The third-order valence-electron chi connectivity index (χ3n) is 2.65. The number of nitro benzene ring substituents is 1. The van der Waals surface area contributed by atoms with Gasteiger partial charge in [-0.2, -0.15) is 5.10 Å². The van der Waals surface area contributed by atoms with E-state index in [1.165, 1.54) is 24.5 Å². The van der Waals surface area contributed by atoms with Gasteiger partial charge in [0.1, 0.15) is 11.5 Å². The molecule has 0 radical (unpaired) electrons.